The molecule has 0 atom stereocenters. The first-order valence-electron chi connectivity index (χ1n) is 10.4. The van der Waals surface area contributed by atoms with Crippen LogP contribution in [0.25, 0.3) is 6.08 Å². The molecule has 0 unspecified atom stereocenters. The Morgan fingerprint density at radius 2 is 1.80 bits per heavy atom. The van der Waals surface area contributed by atoms with E-state index in [2.05, 4.69) is 15.1 Å². The van der Waals surface area contributed by atoms with Crippen molar-refractivity contribution in [1.82, 2.24) is 9.99 Å². The molecule has 5 rings (SSSR count). The van der Waals surface area contributed by atoms with E-state index in [4.69, 9.17) is 14.9 Å². The first-order chi connectivity index (χ1) is 17.0. The van der Waals surface area contributed by atoms with Gasteiger partial charge in [-0.1, -0.05) is 12.1 Å². The molecule has 2 aliphatic rings. The summed E-state index contributed by atoms with van der Waals surface area (Å²) in [7, 11) is 1.55. The average molecular weight is 484 g/mol. The fourth-order valence-electron chi connectivity index (χ4n) is 3.29. The molecular formula is C25H17N5O4S. The molecular weight excluding hydrogens is 466 g/mol. The SMILES string of the molecule is COc1ccc(C(=O)Oc2ccc(C=C3C(=N)N4N=C(c5cccnc5)SC4=NC3=O)cc2)cc1. The Bertz CT molecular complexity index is 1410. The number of pyridine rings is 1. The van der Waals surface area contributed by atoms with Crippen LogP contribution >= 0.6 is 11.8 Å². The predicted molar refractivity (Wildman–Crippen MR) is 133 cm³/mol. The lowest BCUT2D eigenvalue weighted by molar-refractivity contribution is -0.114. The highest BCUT2D eigenvalue weighted by Gasteiger charge is 2.36. The fraction of sp³-hybridized carbons (Fsp3) is 0.0400. The van der Waals surface area contributed by atoms with Crippen LogP contribution in [0.4, 0.5) is 0 Å². The molecule has 3 heterocycles. The van der Waals surface area contributed by atoms with E-state index >= 15 is 0 Å². The van der Waals surface area contributed by atoms with Crippen molar-refractivity contribution in [3.63, 3.8) is 0 Å². The first-order valence-corrected chi connectivity index (χ1v) is 11.2. The molecule has 0 spiro atoms. The third kappa shape index (κ3) is 4.59. The molecule has 0 radical (unpaired) electrons. The van der Waals surface area contributed by atoms with Gasteiger partial charge in [-0.15, -0.1) is 0 Å². The van der Waals surface area contributed by atoms with Crippen LogP contribution in [0, 0.1) is 5.41 Å². The Morgan fingerprint density at radius 1 is 1.06 bits per heavy atom. The van der Waals surface area contributed by atoms with Gasteiger partial charge in [0.15, 0.2) is 5.84 Å². The Labute approximate surface area is 204 Å². The van der Waals surface area contributed by atoms with Crippen molar-refractivity contribution in [2.24, 2.45) is 10.1 Å². The third-order valence-electron chi connectivity index (χ3n) is 5.09. The maximum atomic E-state index is 12.6. The highest BCUT2D eigenvalue weighted by atomic mass is 32.2. The number of hydrogen-bond donors (Lipinski definition) is 1. The molecule has 0 aliphatic carbocycles. The number of amidine groups is 2. The predicted octanol–water partition coefficient (Wildman–Crippen LogP) is 3.98. The molecule has 0 saturated heterocycles. The van der Waals surface area contributed by atoms with Crippen LogP contribution in [-0.4, -0.2) is 45.0 Å². The number of aliphatic imine (C=N–C) groups is 1. The van der Waals surface area contributed by atoms with Crippen molar-refractivity contribution < 1.29 is 19.1 Å². The van der Waals surface area contributed by atoms with E-state index in [0.29, 0.717) is 32.8 Å². The van der Waals surface area contributed by atoms with E-state index in [1.54, 1.807) is 80.2 Å². The topological polar surface area (TPSA) is 117 Å². The van der Waals surface area contributed by atoms with E-state index < -0.39 is 11.9 Å². The quantitative estimate of drug-likeness (QED) is 0.331. The lowest BCUT2D eigenvalue weighted by atomic mass is 10.1. The van der Waals surface area contributed by atoms with Gasteiger partial charge >= 0.3 is 5.97 Å². The zero-order valence-electron chi connectivity index (χ0n) is 18.3. The largest absolute Gasteiger partial charge is 0.497 e. The number of nitrogens with one attached hydrogen (secondary N) is 1. The molecule has 1 N–H and O–H groups in total. The number of benzene rings is 2. The van der Waals surface area contributed by atoms with Crippen molar-refractivity contribution in [2.75, 3.05) is 7.11 Å². The number of hydrogen-bond acceptors (Lipinski definition) is 8. The number of amides is 1. The number of carbonyl (C=O) groups is 2. The molecule has 3 aromatic rings. The van der Waals surface area contributed by atoms with Crippen LogP contribution in [-0.2, 0) is 4.79 Å². The van der Waals surface area contributed by atoms with E-state index in [1.807, 2.05) is 6.07 Å². The molecule has 172 valence electrons. The van der Waals surface area contributed by atoms with E-state index in [-0.39, 0.29) is 11.4 Å². The molecule has 9 nitrogen and oxygen atoms in total. The molecule has 1 amide bonds. The smallest absolute Gasteiger partial charge is 0.343 e. The van der Waals surface area contributed by atoms with Crippen molar-refractivity contribution >= 4 is 45.8 Å². The van der Waals surface area contributed by atoms with Crippen molar-refractivity contribution in [3.05, 3.63) is 95.3 Å². The molecule has 0 saturated carbocycles. The summed E-state index contributed by atoms with van der Waals surface area (Å²) in [6.07, 6.45) is 4.88. The van der Waals surface area contributed by atoms with Gasteiger partial charge in [0.05, 0.1) is 18.2 Å². The zero-order valence-corrected chi connectivity index (χ0v) is 19.2. The van der Waals surface area contributed by atoms with Crippen LogP contribution in [0.5, 0.6) is 11.5 Å². The number of fused-ring (bicyclic) bond motifs is 1. The summed E-state index contributed by atoms with van der Waals surface area (Å²) in [5.74, 6) is -0.101. The van der Waals surface area contributed by atoms with E-state index in [1.165, 1.54) is 16.8 Å². The third-order valence-corrected chi connectivity index (χ3v) is 6.05. The normalized spacial score (nSPS) is 16.0. The van der Waals surface area contributed by atoms with Gasteiger partial charge in [0, 0.05) is 18.0 Å². The van der Waals surface area contributed by atoms with Crippen molar-refractivity contribution in [1.29, 1.82) is 5.41 Å². The zero-order chi connectivity index (χ0) is 24.4. The van der Waals surface area contributed by atoms with Crippen LogP contribution in [0.15, 0.2) is 88.7 Å². The van der Waals surface area contributed by atoms with Crippen molar-refractivity contribution in [3.8, 4) is 11.5 Å². The number of esters is 1. The molecule has 2 aromatic carbocycles. The summed E-state index contributed by atoms with van der Waals surface area (Å²) in [6, 6.07) is 16.8. The number of hydrazone groups is 1. The Balaban J connectivity index is 1.31. The monoisotopic (exact) mass is 483 g/mol. The van der Waals surface area contributed by atoms with Gasteiger partial charge in [0.2, 0.25) is 5.17 Å². The summed E-state index contributed by atoms with van der Waals surface area (Å²) in [5.41, 5.74) is 1.92. The molecule has 10 heteroatoms. The lowest BCUT2D eigenvalue weighted by Gasteiger charge is -2.20. The van der Waals surface area contributed by atoms with Crippen LogP contribution in [0.2, 0.25) is 0 Å². The van der Waals surface area contributed by atoms with Crippen molar-refractivity contribution in [2.45, 2.75) is 0 Å². The number of thioether (sulfide) groups is 1. The van der Waals surface area contributed by atoms with Crippen LogP contribution in [0.3, 0.4) is 0 Å². The Hall–Kier alpha value is -4.57. The van der Waals surface area contributed by atoms with Gasteiger partial charge in [-0.3, -0.25) is 15.2 Å². The molecule has 2 aliphatic heterocycles. The van der Waals surface area contributed by atoms with Gasteiger partial charge in [-0.25, -0.2) is 4.79 Å². The lowest BCUT2D eigenvalue weighted by Crippen LogP contribution is -2.35. The number of carbonyl (C=O) groups excluding carboxylic acids is 2. The number of nitrogens with zero attached hydrogens (tertiary/aromatic N) is 4. The minimum Gasteiger partial charge on any atom is -0.497 e. The highest BCUT2D eigenvalue weighted by Crippen LogP contribution is 2.30. The molecule has 1 aromatic heterocycles. The number of aromatic nitrogens is 1. The summed E-state index contributed by atoms with van der Waals surface area (Å²) in [4.78, 5) is 33.2. The second kappa shape index (κ2) is 9.35. The van der Waals surface area contributed by atoms with Gasteiger partial charge in [0.1, 0.15) is 16.5 Å². The number of rotatable bonds is 5. The van der Waals surface area contributed by atoms with Gasteiger partial charge < -0.3 is 9.47 Å². The summed E-state index contributed by atoms with van der Waals surface area (Å²) >= 11 is 1.21. The summed E-state index contributed by atoms with van der Waals surface area (Å²) in [5, 5.41) is 15.2. The number of ether oxygens (including phenoxy) is 2. The second-order valence-electron chi connectivity index (χ2n) is 7.35. The maximum Gasteiger partial charge on any atom is 0.343 e. The fourth-order valence-corrected chi connectivity index (χ4v) is 4.17. The summed E-state index contributed by atoms with van der Waals surface area (Å²) in [6.45, 7) is 0. The number of methoxy groups -OCH3 is 1. The van der Waals surface area contributed by atoms with Gasteiger partial charge in [0.25, 0.3) is 5.91 Å². The molecule has 35 heavy (non-hydrogen) atoms. The molecule has 0 fully saturated rings. The Morgan fingerprint density at radius 3 is 2.49 bits per heavy atom. The standard InChI is InChI=1S/C25H17N5O4S/c1-33-18-10-6-16(7-11-18)24(32)34-19-8-4-15(5-9-19)13-20-21(26)30-25(28-22(20)31)35-23(29-30)17-3-2-12-27-14-17/h2-14,26H,1H3. The minimum atomic E-state index is -0.522. The average Bonchev–Trinajstić information content (AvgIpc) is 3.32. The first kappa shape index (κ1) is 22.2. The van der Waals surface area contributed by atoms with Gasteiger partial charge in [-0.05, 0) is 71.9 Å². The molecule has 0 bridgehead atoms. The Kier molecular flexibility index (Phi) is 5.94. The van der Waals surface area contributed by atoms with Gasteiger partial charge in [-0.2, -0.15) is 15.1 Å². The second-order valence-corrected chi connectivity index (χ2v) is 8.31. The van der Waals surface area contributed by atoms with E-state index in [9.17, 15) is 9.59 Å². The van der Waals surface area contributed by atoms with Crippen LogP contribution < -0.4 is 9.47 Å². The highest BCUT2D eigenvalue weighted by molar-refractivity contribution is 8.27. The van der Waals surface area contributed by atoms with E-state index in [0.717, 1.165) is 5.56 Å². The van der Waals surface area contributed by atoms with Crippen LogP contribution in [0.1, 0.15) is 21.5 Å². The maximum absolute atomic E-state index is 12.6. The minimum absolute atomic E-state index is 0.0681. The summed E-state index contributed by atoms with van der Waals surface area (Å²) < 4.78 is 10.5.